The topological polar surface area (TPSA) is 82.0 Å². The highest BCUT2D eigenvalue weighted by Crippen LogP contribution is 2.65. The van der Waals surface area contributed by atoms with Crippen LogP contribution < -0.4 is 10.1 Å². The maximum absolute atomic E-state index is 13.1. The second kappa shape index (κ2) is 8.13. The number of aliphatic hydroxyl groups is 1. The number of rotatable bonds is 5. The summed E-state index contributed by atoms with van der Waals surface area (Å²) in [4.78, 5) is 15.4. The van der Waals surface area contributed by atoms with Crippen molar-refractivity contribution in [1.29, 1.82) is 0 Å². The SMILES string of the molecule is C=CCN1CC[C@]23c4c5ccc(O)c4O[C@H]2[C@H](NC(=O)Cc2ccc(Cl)c(Cl)c2)CC[C@@]3(O)[C@H]1C5. The Balaban J connectivity index is 1.35. The number of carbonyl (C=O) groups excluding carboxylic acids is 1. The van der Waals surface area contributed by atoms with Crippen LogP contribution in [0.15, 0.2) is 43.0 Å². The van der Waals surface area contributed by atoms with Crippen molar-refractivity contribution < 1.29 is 19.7 Å². The van der Waals surface area contributed by atoms with E-state index in [1.165, 1.54) is 0 Å². The molecule has 1 saturated carbocycles. The number of phenolic OH excluding ortho intramolecular Hbond substituents is 1. The van der Waals surface area contributed by atoms with Crippen LogP contribution in [0.2, 0.25) is 10.0 Å². The molecule has 2 aliphatic heterocycles. The summed E-state index contributed by atoms with van der Waals surface area (Å²) in [6.45, 7) is 5.41. The molecule has 35 heavy (non-hydrogen) atoms. The van der Waals surface area contributed by atoms with E-state index in [4.69, 9.17) is 27.9 Å². The van der Waals surface area contributed by atoms with Crippen LogP contribution in [-0.2, 0) is 23.1 Å². The smallest absolute Gasteiger partial charge is 0.224 e. The first-order valence-electron chi connectivity index (χ1n) is 12.1. The first-order chi connectivity index (χ1) is 16.8. The summed E-state index contributed by atoms with van der Waals surface area (Å²) in [5.74, 6) is 0.408. The van der Waals surface area contributed by atoms with Gasteiger partial charge in [0.15, 0.2) is 11.5 Å². The number of hydrogen-bond donors (Lipinski definition) is 3. The summed E-state index contributed by atoms with van der Waals surface area (Å²) in [6.07, 6.45) is 4.08. The number of nitrogens with one attached hydrogen (secondary N) is 1. The molecule has 2 bridgehead atoms. The fraction of sp³-hybridized carbons (Fsp3) is 0.444. The van der Waals surface area contributed by atoms with Crippen LogP contribution in [-0.4, -0.2) is 57.9 Å². The molecule has 1 spiro atoms. The molecule has 2 fully saturated rings. The lowest BCUT2D eigenvalue weighted by atomic mass is 9.48. The molecule has 4 aliphatic rings. The molecule has 6 rings (SSSR count). The fourth-order valence-corrected chi connectivity index (χ4v) is 7.58. The summed E-state index contributed by atoms with van der Waals surface area (Å²) in [7, 11) is 0. The summed E-state index contributed by atoms with van der Waals surface area (Å²) >= 11 is 12.1. The molecule has 0 radical (unpaired) electrons. The third-order valence-electron chi connectivity index (χ3n) is 8.63. The van der Waals surface area contributed by atoms with E-state index in [2.05, 4.69) is 16.8 Å². The Bertz CT molecular complexity index is 1240. The van der Waals surface area contributed by atoms with Gasteiger partial charge in [0.2, 0.25) is 5.91 Å². The molecule has 2 aromatic carbocycles. The summed E-state index contributed by atoms with van der Waals surface area (Å²) in [5, 5.41) is 27.1. The number of aromatic hydroxyl groups is 1. The van der Waals surface area contributed by atoms with E-state index < -0.39 is 17.1 Å². The Morgan fingerprint density at radius 2 is 2.09 bits per heavy atom. The van der Waals surface area contributed by atoms with Crippen LogP contribution >= 0.6 is 23.2 Å². The maximum Gasteiger partial charge on any atom is 0.224 e. The van der Waals surface area contributed by atoms with E-state index in [-0.39, 0.29) is 30.2 Å². The average molecular weight is 515 g/mol. The second-order valence-electron chi connectivity index (χ2n) is 10.3. The number of ether oxygens (including phenoxy) is 1. The van der Waals surface area contributed by atoms with Crippen molar-refractivity contribution in [3.05, 3.63) is 69.7 Å². The molecule has 0 unspecified atom stereocenters. The van der Waals surface area contributed by atoms with Crippen LogP contribution in [0.25, 0.3) is 0 Å². The zero-order chi connectivity index (χ0) is 24.5. The Morgan fingerprint density at radius 3 is 2.86 bits per heavy atom. The van der Waals surface area contributed by atoms with Gasteiger partial charge in [0.05, 0.1) is 33.5 Å². The standard InChI is InChI=1S/C27H28Cl2N2O4/c1-2-10-31-11-9-26-23-16-4-6-20(32)24(23)35-25(26)19(7-8-27(26,34)21(31)14-16)30-22(33)13-15-3-5-17(28)18(29)12-15/h2-6,12,19,21,25,32,34H,1,7-11,13-14H2,(H,30,33)/t19-,21-,25+,26+,27-/m1/s1. The first kappa shape index (κ1) is 23.2. The molecule has 6 nitrogen and oxygen atoms in total. The van der Waals surface area contributed by atoms with Crippen molar-refractivity contribution in [3.63, 3.8) is 0 Å². The molecule has 5 atom stereocenters. The molecular weight excluding hydrogens is 487 g/mol. The number of likely N-dealkylation sites (tertiary alicyclic amines) is 1. The van der Waals surface area contributed by atoms with E-state index in [0.29, 0.717) is 48.0 Å². The molecular formula is C27H28Cl2N2O4. The average Bonchev–Trinajstić information content (AvgIpc) is 3.17. The zero-order valence-electron chi connectivity index (χ0n) is 19.3. The predicted octanol–water partition coefficient (Wildman–Crippen LogP) is 3.77. The van der Waals surface area contributed by atoms with Gasteiger partial charge in [-0.15, -0.1) is 6.58 Å². The third kappa shape index (κ3) is 3.20. The van der Waals surface area contributed by atoms with Crippen molar-refractivity contribution in [1.82, 2.24) is 10.2 Å². The van der Waals surface area contributed by atoms with Gasteiger partial charge in [0, 0.05) is 18.2 Å². The highest BCUT2D eigenvalue weighted by molar-refractivity contribution is 6.42. The monoisotopic (exact) mass is 514 g/mol. The second-order valence-corrected chi connectivity index (χ2v) is 11.1. The highest BCUT2D eigenvalue weighted by Gasteiger charge is 2.72. The molecule has 184 valence electrons. The minimum absolute atomic E-state index is 0.0730. The zero-order valence-corrected chi connectivity index (χ0v) is 20.8. The van der Waals surface area contributed by atoms with Gasteiger partial charge in [-0.3, -0.25) is 9.69 Å². The van der Waals surface area contributed by atoms with Crippen molar-refractivity contribution in [2.45, 2.75) is 61.3 Å². The number of phenols is 1. The van der Waals surface area contributed by atoms with Crippen molar-refractivity contribution in [3.8, 4) is 11.5 Å². The summed E-state index contributed by atoms with van der Waals surface area (Å²) in [6, 6.07) is 8.45. The Labute approximate surface area is 214 Å². The van der Waals surface area contributed by atoms with Crippen molar-refractivity contribution in [2.75, 3.05) is 13.1 Å². The van der Waals surface area contributed by atoms with Gasteiger partial charge in [-0.25, -0.2) is 0 Å². The quantitative estimate of drug-likeness (QED) is 0.529. The third-order valence-corrected chi connectivity index (χ3v) is 9.37. The number of carbonyl (C=O) groups is 1. The van der Waals surface area contributed by atoms with Crippen LogP contribution in [0.4, 0.5) is 0 Å². The van der Waals surface area contributed by atoms with E-state index in [1.54, 1.807) is 24.3 Å². The summed E-state index contributed by atoms with van der Waals surface area (Å²) in [5.41, 5.74) is 1.11. The Kier molecular flexibility index (Phi) is 5.38. The largest absolute Gasteiger partial charge is 0.504 e. The van der Waals surface area contributed by atoms with Crippen LogP contribution in [0.1, 0.15) is 36.0 Å². The molecule has 1 saturated heterocycles. The van der Waals surface area contributed by atoms with Gasteiger partial charge in [0.25, 0.3) is 0 Å². The fourth-order valence-electron chi connectivity index (χ4n) is 7.26. The predicted molar refractivity (Wildman–Crippen MR) is 134 cm³/mol. The molecule has 1 amide bonds. The van der Waals surface area contributed by atoms with Gasteiger partial charge in [-0.05, 0) is 61.6 Å². The first-order valence-corrected chi connectivity index (χ1v) is 12.9. The van der Waals surface area contributed by atoms with E-state index >= 15 is 0 Å². The molecule has 2 aliphatic carbocycles. The van der Waals surface area contributed by atoms with Crippen molar-refractivity contribution in [2.24, 2.45) is 0 Å². The number of amides is 1. The van der Waals surface area contributed by atoms with Gasteiger partial charge < -0.3 is 20.3 Å². The molecule has 0 aromatic heterocycles. The molecule has 3 N–H and O–H groups in total. The summed E-state index contributed by atoms with van der Waals surface area (Å²) < 4.78 is 6.47. The molecule has 8 heteroatoms. The van der Waals surface area contributed by atoms with Gasteiger partial charge in [-0.1, -0.05) is 41.4 Å². The minimum Gasteiger partial charge on any atom is -0.504 e. The minimum atomic E-state index is -1.02. The van der Waals surface area contributed by atoms with Crippen LogP contribution in [0.3, 0.4) is 0 Å². The van der Waals surface area contributed by atoms with Gasteiger partial charge in [0.1, 0.15) is 6.10 Å². The Hall–Kier alpha value is -2.25. The number of benzene rings is 2. The van der Waals surface area contributed by atoms with Crippen molar-refractivity contribution >= 4 is 29.1 Å². The number of hydrogen-bond acceptors (Lipinski definition) is 5. The number of halogens is 2. The van der Waals surface area contributed by atoms with Crippen LogP contribution in [0, 0.1) is 0 Å². The lowest BCUT2D eigenvalue weighted by molar-refractivity contribution is -0.190. The van der Waals surface area contributed by atoms with Crippen LogP contribution in [0.5, 0.6) is 11.5 Å². The van der Waals surface area contributed by atoms with E-state index in [0.717, 1.165) is 23.2 Å². The number of piperidine rings is 1. The van der Waals surface area contributed by atoms with E-state index in [1.807, 2.05) is 12.1 Å². The number of nitrogens with zero attached hydrogens (tertiary/aromatic N) is 1. The highest BCUT2D eigenvalue weighted by atomic mass is 35.5. The van der Waals surface area contributed by atoms with E-state index in [9.17, 15) is 15.0 Å². The lowest BCUT2D eigenvalue weighted by Crippen LogP contribution is -2.78. The lowest BCUT2D eigenvalue weighted by Gasteiger charge is -2.64. The molecule has 2 aromatic rings. The van der Waals surface area contributed by atoms with Gasteiger partial charge >= 0.3 is 0 Å². The molecule has 2 heterocycles. The Morgan fingerprint density at radius 1 is 1.26 bits per heavy atom. The normalized spacial score (nSPS) is 32.5. The maximum atomic E-state index is 13.1. The van der Waals surface area contributed by atoms with Gasteiger partial charge in [-0.2, -0.15) is 0 Å².